The number of nitrogens with one attached hydrogen (secondary N) is 2. The maximum Gasteiger partial charge on any atom is 0.241 e. The molecule has 1 atom stereocenters. The van der Waals surface area contributed by atoms with E-state index in [0.717, 1.165) is 30.5 Å². The zero-order valence-electron chi connectivity index (χ0n) is 19.3. The van der Waals surface area contributed by atoms with Crippen LogP contribution in [0.5, 0.6) is 0 Å². The summed E-state index contributed by atoms with van der Waals surface area (Å²) in [5, 5.41) is 12.8. The number of rotatable bonds is 11. The second-order valence-electron chi connectivity index (χ2n) is 9.59. The Balaban J connectivity index is 1.86. The third-order valence-electron chi connectivity index (χ3n) is 5.26. The van der Waals surface area contributed by atoms with Crippen molar-refractivity contribution in [2.45, 2.75) is 70.8 Å². The molecule has 0 aliphatic heterocycles. The number of aromatic nitrogens is 5. The standard InChI is InChI=1S/C21H33N7O3S/c1-13(2)8-16(12-29)24-19-25-17(26-20(27-19)28-32(5,30)31)9-21(3,4)15-10-22-18(23-11-15)14-6-7-14/h10-11,13-14,16,29H,6-9,12H2,1-5H3,(H2,24,25,26,27,28)/t16-/m1/s1. The van der Waals surface area contributed by atoms with Crippen molar-refractivity contribution in [3.05, 3.63) is 29.6 Å². The third-order valence-corrected chi connectivity index (χ3v) is 5.82. The second-order valence-corrected chi connectivity index (χ2v) is 11.3. The number of aliphatic hydroxyl groups is 1. The fraction of sp³-hybridized carbons (Fsp3) is 0.667. The minimum Gasteiger partial charge on any atom is -0.394 e. The van der Waals surface area contributed by atoms with Gasteiger partial charge >= 0.3 is 0 Å². The van der Waals surface area contributed by atoms with Gasteiger partial charge in [0.1, 0.15) is 11.6 Å². The smallest absolute Gasteiger partial charge is 0.241 e. The zero-order valence-corrected chi connectivity index (χ0v) is 20.1. The molecule has 2 aromatic rings. The van der Waals surface area contributed by atoms with Crippen molar-refractivity contribution in [3.8, 4) is 0 Å². The predicted octanol–water partition coefficient (Wildman–Crippen LogP) is 2.25. The number of hydrogen-bond acceptors (Lipinski definition) is 9. The molecule has 3 rings (SSSR count). The Hall–Kier alpha value is -2.40. The second kappa shape index (κ2) is 9.62. The summed E-state index contributed by atoms with van der Waals surface area (Å²) in [6.07, 6.45) is 8.16. The molecule has 0 aromatic carbocycles. The van der Waals surface area contributed by atoms with Gasteiger partial charge in [0.25, 0.3) is 0 Å². The largest absolute Gasteiger partial charge is 0.394 e. The molecule has 2 aromatic heterocycles. The Labute approximate surface area is 189 Å². The lowest BCUT2D eigenvalue weighted by Crippen LogP contribution is -2.28. The summed E-state index contributed by atoms with van der Waals surface area (Å²) in [6.45, 7) is 8.10. The first-order valence-electron chi connectivity index (χ1n) is 10.9. The van der Waals surface area contributed by atoms with E-state index < -0.39 is 15.4 Å². The maximum atomic E-state index is 11.8. The molecule has 0 bridgehead atoms. The average molecular weight is 464 g/mol. The van der Waals surface area contributed by atoms with E-state index in [1.54, 1.807) is 0 Å². The van der Waals surface area contributed by atoms with Crippen LogP contribution in [0.15, 0.2) is 12.4 Å². The van der Waals surface area contributed by atoms with Gasteiger partial charge in [-0.05, 0) is 36.2 Å². The van der Waals surface area contributed by atoms with Crippen molar-refractivity contribution >= 4 is 21.9 Å². The highest BCUT2D eigenvalue weighted by molar-refractivity contribution is 7.91. The monoisotopic (exact) mass is 463 g/mol. The van der Waals surface area contributed by atoms with E-state index in [4.69, 9.17) is 0 Å². The van der Waals surface area contributed by atoms with Crippen molar-refractivity contribution in [3.63, 3.8) is 0 Å². The molecule has 2 heterocycles. The number of anilines is 2. The van der Waals surface area contributed by atoms with Gasteiger partial charge in [-0.3, -0.25) is 4.72 Å². The van der Waals surface area contributed by atoms with E-state index in [1.165, 1.54) is 0 Å². The number of hydrogen-bond donors (Lipinski definition) is 3. The van der Waals surface area contributed by atoms with Crippen molar-refractivity contribution < 1.29 is 13.5 Å². The SMILES string of the molecule is CC(C)C[C@H](CO)Nc1nc(CC(C)(C)c2cnc(C3CC3)nc2)nc(NS(C)(=O)=O)n1. The van der Waals surface area contributed by atoms with Gasteiger partial charge in [-0.15, -0.1) is 0 Å². The first-order valence-corrected chi connectivity index (χ1v) is 12.8. The molecule has 0 unspecified atom stereocenters. The molecule has 0 amide bonds. The van der Waals surface area contributed by atoms with Crippen LogP contribution in [-0.4, -0.2) is 57.3 Å². The molecule has 1 aliphatic carbocycles. The van der Waals surface area contributed by atoms with Crippen molar-refractivity contribution in [1.29, 1.82) is 0 Å². The molecule has 3 N–H and O–H groups in total. The van der Waals surface area contributed by atoms with Gasteiger partial charge in [-0.1, -0.05) is 27.7 Å². The Morgan fingerprint density at radius 1 is 1.12 bits per heavy atom. The Kier molecular flexibility index (Phi) is 7.29. The third kappa shape index (κ3) is 7.06. The molecule has 0 spiro atoms. The minimum atomic E-state index is -3.57. The van der Waals surface area contributed by atoms with Gasteiger partial charge in [0.15, 0.2) is 0 Å². The normalized spacial score (nSPS) is 15.6. The first kappa shape index (κ1) is 24.2. The quantitative estimate of drug-likeness (QED) is 0.457. The van der Waals surface area contributed by atoms with E-state index in [9.17, 15) is 13.5 Å². The van der Waals surface area contributed by atoms with Gasteiger partial charge in [0, 0.05) is 24.7 Å². The van der Waals surface area contributed by atoms with Gasteiger partial charge < -0.3 is 10.4 Å². The van der Waals surface area contributed by atoms with E-state index >= 15 is 0 Å². The Bertz CT molecular complexity index is 1020. The van der Waals surface area contributed by atoms with E-state index in [0.29, 0.717) is 30.5 Å². The van der Waals surface area contributed by atoms with Crippen LogP contribution in [-0.2, 0) is 21.9 Å². The predicted molar refractivity (Wildman–Crippen MR) is 123 cm³/mol. The average Bonchev–Trinajstić information content (AvgIpc) is 3.50. The molecule has 1 fully saturated rings. The van der Waals surface area contributed by atoms with Crippen molar-refractivity contribution in [1.82, 2.24) is 24.9 Å². The lowest BCUT2D eigenvalue weighted by molar-refractivity contribution is 0.259. The van der Waals surface area contributed by atoms with E-state index in [2.05, 4.69) is 48.8 Å². The summed E-state index contributed by atoms with van der Waals surface area (Å²) in [5.74, 6) is 2.31. The number of aliphatic hydroxyl groups excluding tert-OH is 1. The summed E-state index contributed by atoms with van der Waals surface area (Å²) in [5.41, 5.74) is 0.555. The summed E-state index contributed by atoms with van der Waals surface area (Å²) in [6, 6.07) is -0.257. The first-order chi connectivity index (χ1) is 14.9. The van der Waals surface area contributed by atoms with Gasteiger partial charge in [0.2, 0.25) is 21.9 Å². The molecular weight excluding hydrogens is 430 g/mol. The van der Waals surface area contributed by atoms with E-state index in [-0.39, 0.29) is 24.5 Å². The number of nitrogens with zero attached hydrogens (tertiary/aromatic N) is 5. The van der Waals surface area contributed by atoms with Crippen LogP contribution >= 0.6 is 0 Å². The molecule has 1 saturated carbocycles. The van der Waals surface area contributed by atoms with Gasteiger partial charge in [-0.25, -0.2) is 18.4 Å². The minimum absolute atomic E-state index is 0.0580. The molecular formula is C21H33N7O3S. The summed E-state index contributed by atoms with van der Waals surface area (Å²) in [4.78, 5) is 22.1. The maximum absolute atomic E-state index is 11.8. The molecule has 1 aliphatic rings. The summed E-state index contributed by atoms with van der Waals surface area (Å²) >= 11 is 0. The molecule has 0 radical (unpaired) electrons. The van der Waals surface area contributed by atoms with Crippen LogP contribution in [0.2, 0.25) is 0 Å². The zero-order chi connectivity index (χ0) is 23.5. The Morgan fingerprint density at radius 2 is 1.75 bits per heavy atom. The molecule has 11 heteroatoms. The van der Waals surface area contributed by atoms with E-state index in [1.807, 2.05) is 26.2 Å². The van der Waals surface area contributed by atoms with Crippen LogP contribution in [0.3, 0.4) is 0 Å². The Morgan fingerprint density at radius 3 is 2.28 bits per heavy atom. The molecule has 32 heavy (non-hydrogen) atoms. The highest BCUT2D eigenvalue weighted by Gasteiger charge is 2.29. The van der Waals surface area contributed by atoms with Crippen molar-refractivity contribution in [2.24, 2.45) is 5.92 Å². The van der Waals surface area contributed by atoms with Crippen LogP contribution in [0.4, 0.5) is 11.9 Å². The fourth-order valence-electron chi connectivity index (χ4n) is 3.44. The van der Waals surface area contributed by atoms with Crippen molar-refractivity contribution in [2.75, 3.05) is 22.9 Å². The highest BCUT2D eigenvalue weighted by atomic mass is 32.2. The van der Waals surface area contributed by atoms with Crippen LogP contribution in [0.25, 0.3) is 0 Å². The summed E-state index contributed by atoms with van der Waals surface area (Å²) < 4.78 is 25.8. The fourth-order valence-corrected chi connectivity index (χ4v) is 3.87. The van der Waals surface area contributed by atoms with Gasteiger partial charge in [0.05, 0.1) is 18.9 Å². The molecule has 10 nitrogen and oxygen atoms in total. The highest BCUT2D eigenvalue weighted by Crippen LogP contribution is 2.38. The lowest BCUT2D eigenvalue weighted by Gasteiger charge is -2.24. The topological polar surface area (TPSA) is 143 Å². The molecule has 176 valence electrons. The summed E-state index contributed by atoms with van der Waals surface area (Å²) in [7, 11) is -3.57. The van der Waals surface area contributed by atoms with Crippen LogP contribution in [0, 0.1) is 5.92 Å². The van der Waals surface area contributed by atoms with Crippen LogP contribution < -0.4 is 10.0 Å². The molecule has 0 saturated heterocycles. The van der Waals surface area contributed by atoms with Crippen LogP contribution in [0.1, 0.15) is 70.1 Å². The van der Waals surface area contributed by atoms with Gasteiger partial charge in [-0.2, -0.15) is 15.0 Å². The number of sulfonamides is 1. The lowest BCUT2D eigenvalue weighted by atomic mass is 9.83.